The molecule has 0 N–H and O–H groups in total. The van der Waals surface area contributed by atoms with Crippen LogP contribution in [0.25, 0.3) is 5.69 Å². The Kier molecular flexibility index (Phi) is 4.80. The van der Waals surface area contributed by atoms with Gasteiger partial charge in [0.1, 0.15) is 11.8 Å². The molecule has 2 rings (SSSR count). The second-order valence-corrected chi connectivity index (χ2v) is 4.29. The van der Waals surface area contributed by atoms with Crippen LogP contribution in [0.1, 0.15) is 13.3 Å². The molecule has 1 heterocycles. The fourth-order valence-electron chi connectivity index (χ4n) is 1.64. The molecule has 0 aliphatic heterocycles. The third-order valence-corrected chi connectivity index (χ3v) is 2.70. The lowest BCUT2D eigenvalue weighted by molar-refractivity contribution is 0.308. The smallest absolute Gasteiger partial charge is 0.317 e. The minimum atomic E-state index is -0.343. The van der Waals surface area contributed by atoms with Gasteiger partial charge in [-0.2, -0.15) is 4.98 Å². The van der Waals surface area contributed by atoms with E-state index in [0.29, 0.717) is 18.7 Å². The maximum atomic E-state index is 12.3. The summed E-state index contributed by atoms with van der Waals surface area (Å²) in [4.78, 5) is 16.2. The second-order valence-electron chi connectivity index (χ2n) is 3.90. The van der Waals surface area contributed by atoms with Gasteiger partial charge in [0.05, 0.1) is 6.20 Å². The molecule has 0 unspecified atom stereocenters. The van der Waals surface area contributed by atoms with E-state index in [9.17, 15) is 4.79 Å². The number of ether oxygens (including phenoxy) is 1. The molecule has 0 atom stereocenters. The van der Waals surface area contributed by atoms with Crippen LogP contribution in [0.2, 0.25) is 5.15 Å². The average Bonchev–Trinajstić information content (AvgIpc) is 2.47. The second kappa shape index (κ2) is 6.78. The number of hydrogen-bond acceptors (Lipinski definition) is 3. The highest BCUT2D eigenvalue weighted by Crippen LogP contribution is 2.12. The fraction of sp³-hybridized carbons (Fsp3) is 0.200. The van der Waals surface area contributed by atoms with Crippen molar-refractivity contribution in [3.05, 3.63) is 52.0 Å². The Morgan fingerprint density at radius 2 is 2.10 bits per heavy atom. The van der Waals surface area contributed by atoms with Crippen molar-refractivity contribution < 1.29 is 4.74 Å². The quantitative estimate of drug-likeness (QED) is 0.642. The van der Waals surface area contributed by atoms with Crippen molar-refractivity contribution in [2.75, 3.05) is 6.61 Å². The molecule has 2 aromatic rings. The lowest BCUT2D eigenvalue weighted by Crippen LogP contribution is -2.22. The molecular formula is C15H13ClN2O2. The number of nitrogens with zero attached hydrogens (tertiary/aromatic N) is 2. The topological polar surface area (TPSA) is 44.1 Å². The van der Waals surface area contributed by atoms with Crippen molar-refractivity contribution in [3.63, 3.8) is 0 Å². The summed E-state index contributed by atoms with van der Waals surface area (Å²) < 4.78 is 6.76. The van der Waals surface area contributed by atoms with Crippen LogP contribution >= 0.6 is 11.6 Å². The highest BCUT2D eigenvalue weighted by Gasteiger charge is 2.10. The van der Waals surface area contributed by atoms with Crippen LogP contribution in [0.3, 0.4) is 0 Å². The standard InChI is InChI=1S/C15H13ClN2O2/c1-2-3-7-10-20-14-15(19)18(11-13(16)17-14)12-8-5-4-6-9-12/h4-6,8-9,11H,7,10H2,1H3. The van der Waals surface area contributed by atoms with Crippen LogP contribution in [0.5, 0.6) is 5.88 Å². The first-order chi connectivity index (χ1) is 9.72. The molecule has 4 nitrogen and oxygen atoms in total. The van der Waals surface area contributed by atoms with Crippen molar-refractivity contribution in [2.24, 2.45) is 0 Å². The molecule has 0 aliphatic rings. The van der Waals surface area contributed by atoms with E-state index >= 15 is 0 Å². The molecule has 5 heteroatoms. The summed E-state index contributed by atoms with van der Waals surface area (Å²) >= 11 is 5.93. The Labute approximate surface area is 122 Å². The van der Waals surface area contributed by atoms with E-state index in [1.807, 2.05) is 30.3 Å². The first-order valence-corrected chi connectivity index (χ1v) is 6.47. The van der Waals surface area contributed by atoms with Gasteiger partial charge >= 0.3 is 5.56 Å². The van der Waals surface area contributed by atoms with Gasteiger partial charge in [-0.15, -0.1) is 11.8 Å². The summed E-state index contributed by atoms with van der Waals surface area (Å²) in [5.41, 5.74) is 0.366. The SMILES string of the molecule is CC#CCCOc1nc(Cl)cn(-c2ccccc2)c1=O. The van der Waals surface area contributed by atoms with E-state index in [-0.39, 0.29) is 16.6 Å². The van der Waals surface area contributed by atoms with Crippen molar-refractivity contribution >= 4 is 11.6 Å². The molecule has 1 aromatic carbocycles. The maximum Gasteiger partial charge on any atom is 0.317 e. The fourth-order valence-corrected chi connectivity index (χ4v) is 1.81. The van der Waals surface area contributed by atoms with E-state index in [4.69, 9.17) is 16.3 Å². The third-order valence-electron chi connectivity index (χ3n) is 2.52. The lowest BCUT2D eigenvalue weighted by Gasteiger charge is -2.08. The first-order valence-electron chi connectivity index (χ1n) is 6.09. The Morgan fingerprint density at radius 1 is 1.35 bits per heavy atom. The van der Waals surface area contributed by atoms with Crippen molar-refractivity contribution in [1.29, 1.82) is 0 Å². The summed E-state index contributed by atoms with van der Waals surface area (Å²) in [6, 6.07) is 9.17. The van der Waals surface area contributed by atoms with E-state index in [2.05, 4.69) is 16.8 Å². The van der Waals surface area contributed by atoms with Crippen LogP contribution in [0, 0.1) is 11.8 Å². The Bertz CT molecular complexity index is 699. The number of halogens is 1. The molecule has 0 radical (unpaired) electrons. The largest absolute Gasteiger partial charge is 0.473 e. The van der Waals surface area contributed by atoms with Gasteiger partial charge in [0.2, 0.25) is 0 Å². The van der Waals surface area contributed by atoms with Crippen LogP contribution in [0.4, 0.5) is 0 Å². The summed E-state index contributed by atoms with van der Waals surface area (Å²) in [5.74, 6) is 5.60. The molecule has 0 amide bonds. The summed E-state index contributed by atoms with van der Waals surface area (Å²) in [7, 11) is 0. The molecular weight excluding hydrogens is 276 g/mol. The van der Waals surface area contributed by atoms with Crippen molar-refractivity contribution in [2.45, 2.75) is 13.3 Å². The summed E-state index contributed by atoms with van der Waals surface area (Å²) in [6.45, 7) is 2.05. The predicted octanol–water partition coefficient (Wildman–Crippen LogP) is 2.68. The van der Waals surface area contributed by atoms with Gasteiger partial charge in [-0.1, -0.05) is 29.8 Å². The normalized spacial score (nSPS) is 9.70. The average molecular weight is 289 g/mol. The number of benzene rings is 1. The van der Waals surface area contributed by atoms with Crippen LogP contribution in [0.15, 0.2) is 41.3 Å². The van der Waals surface area contributed by atoms with Gasteiger partial charge in [0.25, 0.3) is 5.88 Å². The molecule has 0 bridgehead atoms. The zero-order valence-corrected chi connectivity index (χ0v) is 11.7. The Hall–Kier alpha value is -2.25. The maximum absolute atomic E-state index is 12.3. The molecule has 0 saturated heterocycles. The first kappa shape index (κ1) is 14.2. The van der Waals surface area contributed by atoms with Crippen LogP contribution in [-0.2, 0) is 0 Å². The molecule has 20 heavy (non-hydrogen) atoms. The highest BCUT2D eigenvalue weighted by molar-refractivity contribution is 6.29. The summed E-state index contributed by atoms with van der Waals surface area (Å²) in [5, 5.41) is 0.199. The van der Waals surface area contributed by atoms with E-state index in [0.717, 1.165) is 0 Å². The number of hydrogen-bond donors (Lipinski definition) is 0. The van der Waals surface area contributed by atoms with E-state index in [1.54, 1.807) is 6.92 Å². The van der Waals surface area contributed by atoms with Gasteiger partial charge in [-0.05, 0) is 19.1 Å². The van der Waals surface area contributed by atoms with Gasteiger partial charge in [-0.3, -0.25) is 9.36 Å². The number of aromatic nitrogens is 2. The van der Waals surface area contributed by atoms with Gasteiger partial charge < -0.3 is 4.74 Å². The van der Waals surface area contributed by atoms with E-state index < -0.39 is 0 Å². The molecule has 0 spiro atoms. The molecule has 1 aromatic heterocycles. The van der Waals surface area contributed by atoms with Crippen molar-refractivity contribution in [3.8, 4) is 23.4 Å². The van der Waals surface area contributed by atoms with Gasteiger partial charge in [-0.25, -0.2) is 0 Å². The lowest BCUT2D eigenvalue weighted by atomic mass is 10.3. The third kappa shape index (κ3) is 3.40. The Balaban J connectivity index is 2.32. The zero-order chi connectivity index (χ0) is 14.4. The molecule has 0 saturated carbocycles. The zero-order valence-electron chi connectivity index (χ0n) is 11.0. The number of para-hydroxylation sites is 1. The molecule has 0 aliphatic carbocycles. The molecule has 102 valence electrons. The monoisotopic (exact) mass is 288 g/mol. The van der Waals surface area contributed by atoms with Crippen LogP contribution < -0.4 is 10.3 Å². The minimum absolute atomic E-state index is 0.0146. The minimum Gasteiger partial charge on any atom is -0.473 e. The summed E-state index contributed by atoms with van der Waals surface area (Å²) in [6.07, 6.45) is 2.01. The molecule has 0 fully saturated rings. The van der Waals surface area contributed by atoms with Gasteiger partial charge in [0.15, 0.2) is 0 Å². The Morgan fingerprint density at radius 3 is 2.80 bits per heavy atom. The van der Waals surface area contributed by atoms with Crippen molar-refractivity contribution in [1.82, 2.24) is 9.55 Å². The predicted molar refractivity (Wildman–Crippen MR) is 78.4 cm³/mol. The number of rotatable bonds is 4. The van der Waals surface area contributed by atoms with E-state index in [1.165, 1.54) is 10.8 Å². The van der Waals surface area contributed by atoms with Gasteiger partial charge in [0, 0.05) is 12.1 Å². The highest BCUT2D eigenvalue weighted by atomic mass is 35.5. The van der Waals surface area contributed by atoms with Crippen LogP contribution in [-0.4, -0.2) is 16.2 Å².